The third-order valence-corrected chi connectivity index (χ3v) is 3.09. The van der Waals surface area contributed by atoms with Crippen LogP contribution in [-0.2, 0) is 13.6 Å². The van der Waals surface area contributed by atoms with E-state index in [9.17, 15) is 5.11 Å². The molecule has 1 aliphatic rings. The summed E-state index contributed by atoms with van der Waals surface area (Å²) in [5, 5.41) is 13.6. The molecule has 1 aliphatic heterocycles. The molecule has 0 spiro atoms. The minimum atomic E-state index is 0.271. The van der Waals surface area contributed by atoms with Crippen molar-refractivity contribution in [3.63, 3.8) is 0 Å². The number of rotatable bonds is 3. The smallest absolute Gasteiger partial charge is 0.0764 e. The van der Waals surface area contributed by atoms with E-state index in [0.717, 1.165) is 25.2 Å². The molecule has 2 heterocycles. The van der Waals surface area contributed by atoms with E-state index in [1.165, 1.54) is 12.8 Å². The Morgan fingerprint density at radius 3 is 3.07 bits per heavy atom. The molecule has 2 rings (SSSR count). The van der Waals surface area contributed by atoms with E-state index < -0.39 is 0 Å². The zero-order valence-electron chi connectivity index (χ0n) is 9.26. The summed E-state index contributed by atoms with van der Waals surface area (Å²) < 4.78 is 1.83. The fraction of sp³-hybridized carbons (Fsp3) is 0.727. The molecule has 1 unspecified atom stereocenters. The van der Waals surface area contributed by atoms with Crippen molar-refractivity contribution < 1.29 is 5.11 Å². The van der Waals surface area contributed by atoms with Crippen molar-refractivity contribution >= 4 is 0 Å². The van der Waals surface area contributed by atoms with E-state index in [4.69, 9.17) is 0 Å². The number of piperidine rings is 1. The summed E-state index contributed by atoms with van der Waals surface area (Å²) in [6, 6.07) is 2.38. The summed E-state index contributed by atoms with van der Waals surface area (Å²) in [6.07, 6.45) is 5.56. The highest BCUT2D eigenvalue weighted by Gasteiger charge is 2.21. The first-order valence-electron chi connectivity index (χ1n) is 5.63. The molecule has 0 radical (unpaired) electrons. The Kier molecular flexibility index (Phi) is 3.38. The van der Waals surface area contributed by atoms with Crippen molar-refractivity contribution in [3.8, 4) is 0 Å². The Bertz CT molecular complexity index is 311. The summed E-state index contributed by atoms with van der Waals surface area (Å²) >= 11 is 0. The lowest BCUT2D eigenvalue weighted by Gasteiger charge is -2.33. The zero-order chi connectivity index (χ0) is 10.7. The predicted octanol–water partition coefficient (Wildman–Crippen LogP) is 0.767. The fourth-order valence-corrected chi connectivity index (χ4v) is 2.23. The molecular formula is C11H19N3O. The highest BCUT2D eigenvalue weighted by Crippen LogP contribution is 2.18. The van der Waals surface area contributed by atoms with Gasteiger partial charge in [-0.1, -0.05) is 6.42 Å². The zero-order valence-corrected chi connectivity index (χ0v) is 9.26. The molecule has 84 valence electrons. The summed E-state index contributed by atoms with van der Waals surface area (Å²) in [6.45, 7) is 2.22. The second-order valence-electron chi connectivity index (χ2n) is 4.28. The van der Waals surface area contributed by atoms with Crippen LogP contribution in [0.5, 0.6) is 0 Å². The third kappa shape index (κ3) is 2.58. The van der Waals surface area contributed by atoms with E-state index in [2.05, 4.69) is 10.00 Å². The van der Waals surface area contributed by atoms with Crippen LogP contribution in [0.1, 0.15) is 25.0 Å². The van der Waals surface area contributed by atoms with Gasteiger partial charge in [-0.3, -0.25) is 9.58 Å². The molecule has 0 aliphatic carbocycles. The van der Waals surface area contributed by atoms with Gasteiger partial charge in [0.1, 0.15) is 0 Å². The lowest BCUT2D eigenvalue weighted by Crippen LogP contribution is -2.41. The average Bonchev–Trinajstić information content (AvgIpc) is 2.65. The highest BCUT2D eigenvalue weighted by atomic mass is 16.3. The first-order valence-corrected chi connectivity index (χ1v) is 5.63. The monoisotopic (exact) mass is 209 g/mol. The van der Waals surface area contributed by atoms with Gasteiger partial charge in [0.2, 0.25) is 0 Å². The average molecular weight is 209 g/mol. The topological polar surface area (TPSA) is 41.3 Å². The van der Waals surface area contributed by atoms with Gasteiger partial charge in [0, 0.05) is 25.8 Å². The van der Waals surface area contributed by atoms with Crippen molar-refractivity contribution in [2.75, 3.05) is 13.2 Å². The van der Waals surface area contributed by atoms with Crippen LogP contribution >= 0.6 is 0 Å². The van der Waals surface area contributed by atoms with Crippen LogP contribution in [0.3, 0.4) is 0 Å². The van der Waals surface area contributed by atoms with Gasteiger partial charge in [-0.2, -0.15) is 5.10 Å². The second-order valence-corrected chi connectivity index (χ2v) is 4.28. The van der Waals surface area contributed by atoms with E-state index in [-0.39, 0.29) is 6.61 Å². The SMILES string of the molecule is Cn1ccc(CN2CCCCC2CO)n1. The lowest BCUT2D eigenvalue weighted by atomic mass is 10.0. The van der Waals surface area contributed by atoms with Crippen LogP contribution in [0.15, 0.2) is 12.3 Å². The van der Waals surface area contributed by atoms with Crippen molar-refractivity contribution in [2.45, 2.75) is 31.8 Å². The summed E-state index contributed by atoms with van der Waals surface area (Å²) in [4.78, 5) is 2.34. The summed E-state index contributed by atoms with van der Waals surface area (Å²) in [5.74, 6) is 0. The summed E-state index contributed by atoms with van der Waals surface area (Å²) in [5.41, 5.74) is 1.10. The third-order valence-electron chi connectivity index (χ3n) is 3.09. The molecule has 4 nitrogen and oxygen atoms in total. The van der Waals surface area contributed by atoms with Crippen LogP contribution in [0, 0.1) is 0 Å². The van der Waals surface area contributed by atoms with Gasteiger partial charge in [-0.05, 0) is 25.5 Å². The Balaban J connectivity index is 1.97. The first kappa shape index (κ1) is 10.6. The minimum Gasteiger partial charge on any atom is -0.395 e. The minimum absolute atomic E-state index is 0.271. The van der Waals surface area contributed by atoms with Crippen LogP contribution in [0.25, 0.3) is 0 Å². The van der Waals surface area contributed by atoms with E-state index in [1.807, 2.05) is 24.0 Å². The van der Waals surface area contributed by atoms with E-state index in [0.29, 0.717) is 6.04 Å². The molecular weight excluding hydrogens is 190 g/mol. The number of aliphatic hydroxyl groups excluding tert-OH is 1. The molecule has 0 aromatic carbocycles. The molecule has 1 aromatic heterocycles. The van der Waals surface area contributed by atoms with Crippen molar-refractivity contribution in [1.29, 1.82) is 0 Å². The van der Waals surface area contributed by atoms with Crippen LogP contribution < -0.4 is 0 Å². The molecule has 0 bridgehead atoms. The molecule has 1 atom stereocenters. The van der Waals surface area contributed by atoms with Gasteiger partial charge < -0.3 is 5.11 Å². The van der Waals surface area contributed by atoms with E-state index in [1.54, 1.807) is 0 Å². The second kappa shape index (κ2) is 4.77. The van der Waals surface area contributed by atoms with Crippen molar-refractivity contribution in [1.82, 2.24) is 14.7 Å². The van der Waals surface area contributed by atoms with Crippen LogP contribution in [-0.4, -0.2) is 39.0 Å². The molecule has 1 saturated heterocycles. The number of hydrogen-bond acceptors (Lipinski definition) is 3. The fourth-order valence-electron chi connectivity index (χ4n) is 2.23. The lowest BCUT2D eigenvalue weighted by molar-refractivity contribution is 0.0829. The number of likely N-dealkylation sites (tertiary alicyclic amines) is 1. The Morgan fingerprint density at radius 1 is 1.53 bits per heavy atom. The maximum absolute atomic E-state index is 9.28. The normalized spacial score (nSPS) is 23.2. The van der Waals surface area contributed by atoms with Gasteiger partial charge in [0.15, 0.2) is 0 Å². The summed E-state index contributed by atoms with van der Waals surface area (Å²) in [7, 11) is 1.93. The quantitative estimate of drug-likeness (QED) is 0.799. The van der Waals surface area contributed by atoms with E-state index >= 15 is 0 Å². The van der Waals surface area contributed by atoms with Gasteiger partial charge in [-0.25, -0.2) is 0 Å². The molecule has 1 aromatic rings. The Labute approximate surface area is 90.5 Å². The first-order chi connectivity index (χ1) is 7.29. The van der Waals surface area contributed by atoms with Crippen LogP contribution in [0.2, 0.25) is 0 Å². The van der Waals surface area contributed by atoms with Gasteiger partial charge >= 0.3 is 0 Å². The molecule has 15 heavy (non-hydrogen) atoms. The predicted molar refractivity (Wildman–Crippen MR) is 58.3 cm³/mol. The molecule has 4 heteroatoms. The number of aliphatic hydroxyl groups is 1. The van der Waals surface area contributed by atoms with Crippen molar-refractivity contribution in [3.05, 3.63) is 18.0 Å². The molecule has 1 N–H and O–H groups in total. The van der Waals surface area contributed by atoms with Gasteiger partial charge in [0.25, 0.3) is 0 Å². The van der Waals surface area contributed by atoms with Crippen molar-refractivity contribution in [2.24, 2.45) is 7.05 Å². The Morgan fingerprint density at radius 2 is 2.40 bits per heavy atom. The largest absolute Gasteiger partial charge is 0.395 e. The molecule has 0 amide bonds. The highest BCUT2D eigenvalue weighted by molar-refractivity contribution is 4.99. The maximum Gasteiger partial charge on any atom is 0.0764 e. The number of nitrogens with zero attached hydrogens (tertiary/aromatic N) is 3. The van der Waals surface area contributed by atoms with Gasteiger partial charge in [0.05, 0.1) is 12.3 Å². The number of aryl methyl sites for hydroxylation is 1. The number of hydrogen-bond donors (Lipinski definition) is 1. The number of aromatic nitrogens is 2. The Hall–Kier alpha value is -0.870. The molecule has 0 saturated carbocycles. The molecule has 1 fully saturated rings. The standard InChI is InChI=1S/C11H19N3O/c1-13-7-5-10(12-13)8-14-6-3-2-4-11(14)9-15/h5,7,11,15H,2-4,6,8-9H2,1H3. The van der Waals surface area contributed by atoms with Crippen LogP contribution in [0.4, 0.5) is 0 Å². The maximum atomic E-state index is 9.28. The van der Waals surface area contributed by atoms with Gasteiger partial charge in [-0.15, -0.1) is 0 Å².